The van der Waals surface area contributed by atoms with Crippen LogP contribution in [0, 0.1) is 0 Å². The first-order valence-corrected chi connectivity index (χ1v) is 9.47. The molecule has 11 atom stereocenters. The molecule has 0 bridgehead atoms. The maximum Gasteiger partial charge on any atom is 0.176 e. The zero-order valence-electron chi connectivity index (χ0n) is 16.0. The molecule has 0 unspecified atom stereocenters. The number of hydrogen-bond donors (Lipinski definition) is 9. The van der Waals surface area contributed by atoms with Crippen molar-refractivity contribution in [3.05, 3.63) is 0 Å². The Morgan fingerprint density at radius 3 is 2.36 bits per heavy atom. The van der Waals surface area contributed by atoms with Crippen molar-refractivity contribution in [3.63, 3.8) is 0 Å². The van der Waals surface area contributed by atoms with E-state index < -0.39 is 67.1 Å². The average molecular weight is 409 g/mol. The Bertz CT molecular complexity index is 477. The van der Waals surface area contributed by atoms with Crippen molar-refractivity contribution in [1.82, 2.24) is 5.32 Å². The van der Waals surface area contributed by atoms with Crippen molar-refractivity contribution in [2.45, 2.75) is 73.6 Å². The van der Waals surface area contributed by atoms with Gasteiger partial charge in [-0.15, -0.1) is 0 Å². The van der Waals surface area contributed by atoms with Crippen molar-refractivity contribution in [2.24, 2.45) is 22.9 Å². The second kappa shape index (κ2) is 10.5. The minimum Gasteiger partial charge on any atom is -0.389 e. The maximum absolute atomic E-state index is 10.5. The molecule has 0 radical (unpaired) electrons. The van der Waals surface area contributed by atoms with E-state index in [-0.39, 0.29) is 19.6 Å². The fraction of sp³-hybridized carbons (Fsp3) is 1.00. The van der Waals surface area contributed by atoms with Gasteiger partial charge < -0.3 is 62.9 Å². The number of aliphatic hydroxyl groups excluding tert-OH is 4. The summed E-state index contributed by atoms with van der Waals surface area (Å²) in [6.45, 7) is 0.169. The van der Waals surface area contributed by atoms with Crippen LogP contribution in [0.1, 0.15) is 6.42 Å². The van der Waals surface area contributed by atoms with Crippen LogP contribution in [-0.2, 0) is 14.2 Å². The summed E-state index contributed by atoms with van der Waals surface area (Å²) in [7, 11) is 1.69. The maximum atomic E-state index is 10.5. The van der Waals surface area contributed by atoms with Crippen LogP contribution in [-0.4, -0.2) is 114 Å². The third-order valence-corrected chi connectivity index (χ3v) is 5.26. The van der Waals surface area contributed by atoms with E-state index in [1.807, 2.05) is 0 Å². The monoisotopic (exact) mass is 409 g/mol. The number of nitrogens with two attached hydrogens (primary N) is 4. The summed E-state index contributed by atoms with van der Waals surface area (Å²) in [6.07, 6.45) is -8.00. The third kappa shape index (κ3) is 5.36. The van der Waals surface area contributed by atoms with Crippen molar-refractivity contribution >= 4 is 0 Å². The van der Waals surface area contributed by atoms with Gasteiger partial charge in [0.2, 0.25) is 0 Å². The quantitative estimate of drug-likeness (QED) is 0.183. The van der Waals surface area contributed by atoms with Crippen LogP contribution in [0.25, 0.3) is 0 Å². The van der Waals surface area contributed by atoms with Gasteiger partial charge in [0.1, 0.15) is 30.5 Å². The second-order valence-electron chi connectivity index (χ2n) is 7.50. The Morgan fingerprint density at radius 1 is 1.07 bits per heavy atom. The van der Waals surface area contributed by atoms with E-state index in [2.05, 4.69) is 5.32 Å². The number of nitrogens with one attached hydrogen (secondary N) is 1. The summed E-state index contributed by atoms with van der Waals surface area (Å²) in [6, 6.07) is -2.30. The molecule has 0 aromatic rings. The predicted molar refractivity (Wildman–Crippen MR) is 98.8 cm³/mol. The first-order valence-electron chi connectivity index (χ1n) is 9.47. The summed E-state index contributed by atoms with van der Waals surface area (Å²) >= 11 is 0. The van der Waals surface area contributed by atoms with Crippen LogP contribution in [0.4, 0.5) is 0 Å². The van der Waals surface area contributed by atoms with Gasteiger partial charge in [-0.1, -0.05) is 0 Å². The summed E-state index contributed by atoms with van der Waals surface area (Å²) in [5.74, 6) is 0. The van der Waals surface area contributed by atoms with E-state index in [4.69, 9.17) is 37.1 Å². The molecule has 12 heteroatoms. The lowest BCUT2D eigenvalue weighted by molar-refractivity contribution is -0.291. The van der Waals surface area contributed by atoms with E-state index in [1.165, 1.54) is 0 Å². The van der Waals surface area contributed by atoms with Gasteiger partial charge >= 0.3 is 0 Å². The highest BCUT2D eigenvalue weighted by atomic mass is 16.7. The third-order valence-electron chi connectivity index (χ3n) is 5.26. The molecular weight excluding hydrogens is 374 g/mol. The Hall–Kier alpha value is -0.480. The number of hydrogen-bond acceptors (Lipinski definition) is 12. The molecule has 1 heterocycles. The molecule has 13 N–H and O–H groups in total. The fourth-order valence-corrected chi connectivity index (χ4v) is 3.58. The molecule has 1 aliphatic carbocycles. The first kappa shape index (κ1) is 23.8. The highest BCUT2D eigenvalue weighted by Crippen LogP contribution is 2.28. The topological polar surface area (TPSA) is 225 Å². The smallest absolute Gasteiger partial charge is 0.176 e. The minimum atomic E-state index is -1.31. The molecule has 12 nitrogen and oxygen atoms in total. The molecule has 1 saturated carbocycles. The second-order valence-corrected chi connectivity index (χ2v) is 7.50. The van der Waals surface area contributed by atoms with Gasteiger partial charge in [-0.25, -0.2) is 0 Å². The summed E-state index contributed by atoms with van der Waals surface area (Å²) in [5.41, 5.74) is 23.6. The van der Waals surface area contributed by atoms with Crippen molar-refractivity contribution in [2.75, 3.05) is 26.7 Å². The van der Waals surface area contributed by atoms with Crippen LogP contribution in [0.15, 0.2) is 0 Å². The van der Waals surface area contributed by atoms with Crippen LogP contribution in [0.3, 0.4) is 0 Å². The molecule has 1 aliphatic heterocycles. The Morgan fingerprint density at radius 2 is 1.75 bits per heavy atom. The molecule has 0 aromatic carbocycles. The molecule has 2 rings (SSSR count). The molecule has 1 saturated heterocycles. The summed E-state index contributed by atoms with van der Waals surface area (Å²) < 4.78 is 17.2. The molecule has 166 valence electrons. The molecule has 28 heavy (non-hydrogen) atoms. The van der Waals surface area contributed by atoms with Crippen molar-refractivity contribution in [3.8, 4) is 0 Å². The number of ether oxygens (including phenoxy) is 3. The number of likely N-dealkylation sites (N-methyl/N-ethyl adjacent to an activating group) is 1. The molecule has 2 aliphatic rings. The Labute approximate surface area is 164 Å². The number of aliphatic hydroxyl groups is 4. The predicted octanol–water partition coefficient (Wildman–Crippen LogP) is -5.51. The molecule has 0 aromatic heterocycles. The van der Waals surface area contributed by atoms with Gasteiger partial charge in [0.15, 0.2) is 6.29 Å². The fourth-order valence-electron chi connectivity index (χ4n) is 3.58. The van der Waals surface area contributed by atoms with Gasteiger partial charge in [-0.05, 0) is 13.5 Å². The van der Waals surface area contributed by atoms with Gasteiger partial charge in [0, 0.05) is 25.2 Å². The van der Waals surface area contributed by atoms with E-state index in [0.717, 1.165) is 0 Å². The van der Waals surface area contributed by atoms with Gasteiger partial charge in [-0.3, -0.25) is 0 Å². The highest BCUT2D eigenvalue weighted by Gasteiger charge is 2.48. The largest absolute Gasteiger partial charge is 0.389 e. The zero-order valence-corrected chi connectivity index (χ0v) is 16.0. The SMILES string of the molecule is CNC[C@@H](O)CO[C@@H]1[C@@H](O)[C@H](N)C[C@H](N)[C@H]1O[C@H]1O[C@H](CN)[C@@H](O)[C@H](O)[C@H]1N. The van der Waals surface area contributed by atoms with Crippen LogP contribution in [0.2, 0.25) is 0 Å². The number of rotatable bonds is 8. The minimum absolute atomic E-state index is 0.0504. The van der Waals surface area contributed by atoms with E-state index in [9.17, 15) is 20.4 Å². The van der Waals surface area contributed by atoms with Gasteiger partial charge in [-0.2, -0.15) is 0 Å². The first-order chi connectivity index (χ1) is 13.2. The zero-order chi connectivity index (χ0) is 21.0. The Balaban J connectivity index is 2.11. The van der Waals surface area contributed by atoms with E-state index in [0.29, 0.717) is 6.54 Å². The molecule has 2 fully saturated rings. The average Bonchev–Trinajstić information content (AvgIpc) is 2.65. The molecule has 0 spiro atoms. The molecular formula is C16H35N5O7. The lowest BCUT2D eigenvalue weighted by Gasteiger charge is -2.47. The summed E-state index contributed by atoms with van der Waals surface area (Å²) in [4.78, 5) is 0. The van der Waals surface area contributed by atoms with E-state index >= 15 is 0 Å². The van der Waals surface area contributed by atoms with Crippen LogP contribution < -0.4 is 28.3 Å². The highest BCUT2D eigenvalue weighted by molar-refractivity contribution is 5.00. The Kier molecular flexibility index (Phi) is 8.94. The van der Waals surface area contributed by atoms with Crippen molar-refractivity contribution < 1.29 is 34.6 Å². The van der Waals surface area contributed by atoms with Gasteiger partial charge in [0.25, 0.3) is 0 Å². The standard InChI is InChI=1S/C16H35N5O7/c1-21-4-6(22)5-26-15-11(23)7(18)2-8(19)14(15)28-16-10(20)13(25)12(24)9(3-17)27-16/h6-16,21-25H,2-5,17-20H2,1H3/t6-,7-,8+,9-,10-,11+,12-,13-,14-,15-,16-/m1/s1. The van der Waals surface area contributed by atoms with E-state index in [1.54, 1.807) is 7.05 Å². The van der Waals surface area contributed by atoms with Crippen LogP contribution in [0.5, 0.6) is 0 Å². The lowest BCUT2D eigenvalue weighted by atomic mass is 9.84. The lowest BCUT2D eigenvalue weighted by Crippen LogP contribution is -2.68. The summed E-state index contributed by atoms with van der Waals surface area (Å²) in [5, 5.41) is 43.3. The van der Waals surface area contributed by atoms with Crippen molar-refractivity contribution in [1.29, 1.82) is 0 Å². The van der Waals surface area contributed by atoms with Gasteiger partial charge in [0.05, 0.1) is 24.9 Å². The van der Waals surface area contributed by atoms with Crippen LogP contribution >= 0.6 is 0 Å². The molecule has 0 amide bonds. The normalized spacial score (nSPS) is 45.8.